The Bertz CT molecular complexity index is 499. The van der Waals surface area contributed by atoms with Crippen molar-refractivity contribution < 1.29 is 14.2 Å². The molecule has 1 aliphatic heterocycles. The van der Waals surface area contributed by atoms with Crippen LogP contribution in [0.3, 0.4) is 0 Å². The number of nitrogens with zero attached hydrogens (tertiary/aromatic N) is 1. The Morgan fingerprint density at radius 1 is 1.30 bits per heavy atom. The van der Waals surface area contributed by atoms with Crippen molar-refractivity contribution in [1.29, 1.82) is 0 Å². The molecule has 1 aliphatic rings. The smallest absolute Gasteiger partial charge is 0.215 e. The van der Waals surface area contributed by atoms with E-state index in [4.69, 9.17) is 14.2 Å². The molecule has 1 heterocycles. The van der Waals surface area contributed by atoms with Crippen molar-refractivity contribution >= 4 is 16.9 Å². The number of hydrogen-bond acceptors (Lipinski definition) is 5. The Morgan fingerprint density at radius 3 is 2.57 bits per heavy atom. The zero-order valence-corrected chi connectivity index (χ0v) is 14.9. The van der Waals surface area contributed by atoms with E-state index in [0.29, 0.717) is 19.8 Å². The lowest BCUT2D eigenvalue weighted by Gasteiger charge is -2.26. The molecule has 0 radical (unpaired) electrons. The molecule has 0 bridgehead atoms. The van der Waals surface area contributed by atoms with E-state index in [9.17, 15) is 0 Å². The van der Waals surface area contributed by atoms with Gasteiger partial charge in [0.2, 0.25) is 5.79 Å². The van der Waals surface area contributed by atoms with Crippen LogP contribution in [0.2, 0.25) is 0 Å². The third-order valence-corrected chi connectivity index (χ3v) is 4.37. The number of aliphatic imine (C=N–C) groups is 1. The van der Waals surface area contributed by atoms with Crippen LogP contribution in [-0.4, -0.2) is 44.8 Å². The van der Waals surface area contributed by atoms with Crippen LogP contribution in [0.1, 0.15) is 25.3 Å². The van der Waals surface area contributed by atoms with Gasteiger partial charge in [0, 0.05) is 12.1 Å². The standard InChI is InChI=1S/C17H26N2O3S/c1-4-5-10-18-16(23-3)19-13-17(21-11-12-22-17)14-6-8-15(20-2)9-7-14/h6-9H,4-5,10-13H2,1-3H3,(H,18,19). The first kappa shape index (κ1) is 18.1. The average molecular weight is 338 g/mol. The molecule has 5 nitrogen and oxygen atoms in total. The van der Waals surface area contributed by atoms with Crippen LogP contribution in [0, 0.1) is 0 Å². The quantitative estimate of drug-likeness (QED) is 0.470. The molecule has 0 unspecified atom stereocenters. The van der Waals surface area contributed by atoms with Gasteiger partial charge in [-0.15, -0.1) is 0 Å². The van der Waals surface area contributed by atoms with Gasteiger partial charge in [0.25, 0.3) is 0 Å². The molecule has 1 aromatic rings. The molecule has 1 saturated heterocycles. The van der Waals surface area contributed by atoms with Crippen LogP contribution in [0.4, 0.5) is 0 Å². The summed E-state index contributed by atoms with van der Waals surface area (Å²) in [7, 11) is 1.66. The van der Waals surface area contributed by atoms with Crippen LogP contribution in [0.5, 0.6) is 5.75 Å². The zero-order chi connectivity index (χ0) is 16.5. The van der Waals surface area contributed by atoms with Crippen molar-refractivity contribution in [1.82, 2.24) is 5.32 Å². The monoisotopic (exact) mass is 338 g/mol. The second-order valence-electron chi connectivity index (χ2n) is 5.28. The van der Waals surface area contributed by atoms with Gasteiger partial charge in [0.05, 0.1) is 20.3 Å². The molecule has 0 amide bonds. The van der Waals surface area contributed by atoms with Crippen LogP contribution < -0.4 is 10.1 Å². The first-order valence-electron chi connectivity index (χ1n) is 7.99. The van der Waals surface area contributed by atoms with Crippen molar-refractivity contribution in [3.8, 4) is 5.75 Å². The second-order valence-corrected chi connectivity index (χ2v) is 6.08. The minimum atomic E-state index is -0.792. The van der Waals surface area contributed by atoms with Crippen LogP contribution >= 0.6 is 11.8 Å². The fourth-order valence-corrected chi connectivity index (χ4v) is 2.83. The fourth-order valence-electron chi connectivity index (χ4n) is 2.39. The molecule has 0 atom stereocenters. The minimum Gasteiger partial charge on any atom is -0.497 e. The maximum Gasteiger partial charge on any atom is 0.215 e. The maximum atomic E-state index is 5.91. The topological polar surface area (TPSA) is 52.1 Å². The highest BCUT2D eigenvalue weighted by Crippen LogP contribution is 2.33. The number of nitrogens with one attached hydrogen (secondary N) is 1. The van der Waals surface area contributed by atoms with E-state index in [1.165, 1.54) is 0 Å². The molecular formula is C17H26N2O3S. The Kier molecular flexibility index (Phi) is 7.20. The first-order chi connectivity index (χ1) is 11.2. The molecule has 0 saturated carbocycles. The van der Waals surface area contributed by atoms with Gasteiger partial charge in [0.1, 0.15) is 12.3 Å². The fraction of sp³-hybridized carbons (Fsp3) is 0.588. The van der Waals surface area contributed by atoms with E-state index >= 15 is 0 Å². The largest absolute Gasteiger partial charge is 0.497 e. The Hall–Kier alpha value is -1.24. The third-order valence-electron chi connectivity index (χ3n) is 3.71. The van der Waals surface area contributed by atoms with Crippen LogP contribution in [-0.2, 0) is 15.3 Å². The molecule has 0 aromatic heterocycles. The van der Waals surface area contributed by atoms with E-state index in [1.807, 2.05) is 30.5 Å². The second kappa shape index (κ2) is 9.15. The number of ether oxygens (including phenoxy) is 3. The highest BCUT2D eigenvalue weighted by atomic mass is 32.2. The van der Waals surface area contributed by atoms with Gasteiger partial charge in [-0.3, -0.25) is 4.99 Å². The Balaban J connectivity index is 2.10. The zero-order valence-electron chi connectivity index (χ0n) is 14.1. The number of amidine groups is 1. The molecule has 23 heavy (non-hydrogen) atoms. The predicted octanol–water partition coefficient (Wildman–Crippen LogP) is 3.00. The first-order valence-corrected chi connectivity index (χ1v) is 9.21. The summed E-state index contributed by atoms with van der Waals surface area (Å²) in [5, 5.41) is 4.28. The molecule has 128 valence electrons. The number of thioether (sulfide) groups is 1. The van der Waals surface area contributed by atoms with Gasteiger partial charge in [-0.1, -0.05) is 25.1 Å². The van der Waals surface area contributed by atoms with Crippen molar-refractivity contribution in [2.24, 2.45) is 4.99 Å². The summed E-state index contributed by atoms with van der Waals surface area (Å²) in [6.07, 6.45) is 4.32. The summed E-state index contributed by atoms with van der Waals surface area (Å²) in [6.45, 7) is 4.72. The molecular weight excluding hydrogens is 312 g/mol. The van der Waals surface area contributed by atoms with Gasteiger partial charge in [-0.05, 0) is 36.9 Å². The molecule has 0 aliphatic carbocycles. The summed E-state index contributed by atoms with van der Waals surface area (Å²) in [6, 6.07) is 7.79. The number of methoxy groups -OCH3 is 1. The Labute approximate surface area is 142 Å². The van der Waals surface area contributed by atoms with Crippen LogP contribution in [0.25, 0.3) is 0 Å². The number of benzene rings is 1. The van der Waals surface area contributed by atoms with Crippen molar-refractivity contribution in [2.45, 2.75) is 25.6 Å². The van der Waals surface area contributed by atoms with Crippen molar-refractivity contribution in [3.63, 3.8) is 0 Å². The van der Waals surface area contributed by atoms with Gasteiger partial charge in [-0.25, -0.2) is 0 Å². The molecule has 1 fully saturated rings. The summed E-state index contributed by atoms with van der Waals surface area (Å²) < 4.78 is 17.0. The van der Waals surface area contributed by atoms with Crippen molar-refractivity contribution in [2.75, 3.05) is 39.7 Å². The van der Waals surface area contributed by atoms with Gasteiger partial charge < -0.3 is 19.5 Å². The van der Waals surface area contributed by atoms with Gasteiger partial charge in [0.15, 0.2) is 5.17 Å². The summed E-state index contributed by atoms with van der Waals surface area (Å²) in [5.41, 5.74) is 0.966. The lowest BCUT2D eigenvalue weighted by molar-refractivity contribution is -0.156. The summed E-state index contributed by atoms with van der Waals surface area (Å²) >= 11 is 1.61. The lowest BCUT2D eigenvalue weighted by Crippen LogP contribution is -2.32. The van der Waals surface area contributed by atoms with Gasteiger partial charge >= 0.3 is 0 Å². The van der Waals surface area contributed by atoms with Crippen LogP contribution in [0.15, 0.2) is 29.3 Å². The number of unbranched alkanes of at least 4 members (excludes halogenated alkanes) is 1. The highest BCUT2D eigenvalue weighted by Gasteiger charge is 2.38. The van der Waals surface area contributed by atoms with Crippen molar-refractivity contribution in [3.05, 3.63) is 29.8 Å². The molecule has 2 rings (SSSR count). The maximum absolute atomic E-state index is 5.91. The molecule has 1 N–H and O–H groups in total. The molecule has 6 heteroatoms. The van der Waals surface area contributed by atoms with E-state index in [1.54, 1.807) is 18.9 Å². The average Bonchev–Trinajstić information content (AvgIpc) is 3.08. The summed E-state index contributed by atoms with van der Waals surface area (Å²) in [5.74, 6) is 0.0242. The molecule has 1 aromatic carbocycles. The van der Waals surface area contributed by atoms with Gasteiger partial charge in [-0.2, -0.15) is 0 Å². The van der Waals surface area contributed by atoms with E-state index in [2.05, 4.69) is 17.2 Å². The normalized spacial score (nSPS) is 17.3. The number of rotatable bonds is 7. The minimum absolute atomic E-state index is 0.439. The Morgan fingerprint density at radius 2 is 2.00 bits per heavy atom. The third kappa shape index (κ3) is 4.86. The predicted molar refractivity (Wildman–Crippen MR) is 95.3 cm³/mol. The lowest BCUT2D eigenvalue weighted by atomic mass is 10.1. The van der Waals surface area contributed by atoms with E-state index < -0.39 is 5.79 Å². The van der Waals surface area contributed by atoms with E-state index in [0.717, 1.165) is 35.9 Å². The number of hydrogen-bond donors (Lipinski definition) is 1. The SMILES string of the molecule is CCCCNC(=NCC1(c2ccc(OC)cc2)OCCO1)SC. The summed E-state index contributed by atoms with van der Waals surface area (Å²) in [4.78, 5) is 4.67. The molecule has 0 spiro atoms. The van der Waals surface area contributed by atoms with E-state index in [-0.39, 0.29) is 0 Å². The highest BCUT2D eigenvalue weighted by molar-refractivity contribution is 8.13.